The van der Waals surface area contributed by atoms with Gasteiger partial charge in [0.1, 0.15) is 18.3 Å². The van der Waals surface area contributed by atoms with Gasteiger partial charge in [-0.1, -0.05) is 27.7 Å². The third kappa shape index (κ3) is 4.29. The number of ether oxygens (including phenoxy) is 3. The molecule has 8 nitrogen and oxygen atoms in total. The molecule has 0 bridgehead atoms. The Balaban J connectivity index is 1.92. The highest BCUT2D eigenvalue weighted by Gasteiger charge is 2.56. The Morgan fingerprint density at radius 3 is 2.41 bits per heavy atom. The summed E-state index contributed by atoms with van der Waals surface area (Å²) in [5, 5.41) is 0.0714. The van der Waals surface area contributed by atoms with Crippen molar-refractivity contribution in [2.75, 3.05) is 6.61 Å². The van der Waals surface area contributed by atoms with E-state index < -0.39 is 37.7 Å². The fourth-order valence-electron chi connectivity index (χ4n) is 3.61. The summed E-state index contributed by atoms with van der Waals surface area (Å²) < 4.78 is 26.4. The highest BCUT2D eigenvalue weighted by atomic mass is 28.4. The molecule has 0 amide bonds. The summed E-state index contributed by atoms with van der Waals surface area (Å²) in [6, 6.07) is 1.43. The van der Waals surface area contributed by atoms with E-state index in [1.54, 1.807) is 0 Å². The highest BCUT2D eigenvalue weighted by molar-refractivity contribution is 6.74. The number of rotatable bonds is 5. The van der Waals surface area contributed by atoms with Gasteiger partial charge in [-0.3, -0.25) is 14.3 Å². The van der Waals surface area contributed by atoms with Crippen LogP contribution in [0.25, 0.3) is 0 Å². The zero-order valence-electron chi connectivity index (χ0n) is 18.7. The summed E-state index contributed by atoms with van der Waals surface area (Å²) in [5.74, 6) is -0.787. The van der Waals surface area contributed by atoms with Crippen LogP contribution in [0.4, 0.5) is 0 Å². The van der Waals surface area contributed by atoms with E-state index in [-0.39, 0.29) is 17.2 Å². The molecule has 1 N–H and O–H groups in total. The third-order valence-electron chi connectivity index (χ3n) is 6.21. The minimum atomic E-state index is -1.98. The normalized spacial score (nSPS) is 29.2. The van der Waals surface area contributed by atoms with Gasteiger partial charge in [0.25, 0.3) is 5.56 Å². The molecule has 0 unspecified atom stereocenters. The Bertz CT molecular complexity index is 869. The van der Waals surface area contributed by atoms with Crippen molar-refractivity contribution in [1.29, 1.82) is 0 Å². The summed E-state index contributed by atoms with van der Waals surface area (Å²) in [7, 11) is -1.98. The SMILES string of the molecule is CCc1cc(=O)[nH]c(=O)n1[C@@H]1O[C@H](CO[Si](C)(C)C(C)(C)C)[C@H]2OC(C)(C)O[C@H]21. The van der Waals surface area contributed by atoms with Gasteiger partial charge in [-0.25, -0.2) is 4.79 Å². The number of aromatic amines is 1. The Morgan fingerprint density at radius 1 is 1.21 bits per heavy atom. The lowest BCUT2D eigenvalue weighted by atomic mass is 10.1. The van der Waals surface area contributed by atoms with Crippen molar-refractivity contribution >= 4 is 8.32 Å². The van der Waals surface area contributed by atoms with E-state index in [1.807, 2.05) is 20.8 Å². The van der Waals surface area contributed by atoms with Crippen molar-refractivity contribution in [1.82, 2.24) is 9.55 Å². The van der Waals surface area contributed by atoms with E-state index in [1.165, 1.54) is 10.6 Å². The van der Waals surface area contributed by atoms with Crippen molar-refractivity contribution in [3.05, 3.63) is 32.6 Å². The van der Waals surface area contributed by atoms with Crippen molar-refractivity contribution in [2.24, 2.45) is 0 Å². The average molecular weight is 427 g/mol. The number of aromatic nitrogens is 2. The van der Waals surface area contributed by atoms with Crippen molar-refractivity contribution in [3.8, 4) is 0 Å². The molecule has 0 aliphatic carbocycles. The predicted octanol–water partition coefficient (Wildman–Crippen LogP) is 2.54. The van der Waals surface area contributed by atoms with Crippen LogP contribution in [0.2, 0.25) is 18.1 Å². The van der Waals surface area contributed by atoms with Crippen LogP contribution >= 0.6 is 0 Å². The first-order valence-electron chi connectivity index (χ1n) is 10.3. The topological polar surface area (TPSA) is 91.8 Å². The molecule has 0 spiro atoms. The molecule has 164 valence electrons. The van der Waals surface area contributed by atoms with E-state index in [4.69, 9.17) is 18.6 Å². The fraction of sp³-hybridized carbons (Fsp3) is 0.800. The van der Waals surface area contributed by atoms with Crippen LogP contribution in [0.1, 0.15) is 53.5 Å². The molecule has 2 aliphatic heterocycles. The van der Waals surface area contributed by atoms with E-state index in [9.17, 15) is 9.59 Å². The van der Waals surface area contributed by atoms with Crippen LogP contribution in [0.5, 0.6) is 0 Å². The van der Waals surface area contributed by atoms with Crippen LogP contribution in [0, 0.1) is 0 Å². The number of aryl methyl sites for hydroxylation is 1. The predicted molar refractivity (Wildman–Crippen MR) is 112 cm³/mol. The number of nitrogens with zero attached hydrogens (tertiary/aromatic N) is 1. The molecule has 3 rings (SSSR count). The van der Waals surface area contributed by atoms with Crippen LogP contribution in [-0.4, -0.2) is 48.6 Å². The van der Waals surface area contributed by atoms with Gasteiger partial charge in [0.2, 0.25) is 0 Å². The maximum Gasteiger partial charge on any atom is 0.330 e. The molecule has 4 atom stereocenters. The monoisotopic (exact) mass is 426 g/mol. The average Bonchev–Trinajstić information content (AvgIpc) is 3.04. The molecule has 3 heterocycles. The minimum Gasteiger partial charge on any atom is -0.414 e. The van der Waals surface area contributed by atoms with Gasteiger partial charge in [0.15, 0.2) is 20.3 Å². The Morgan fingerprint density at radius 2 is 1.83 bits per heavy atom. The van der Waals surface area contributed by atoms with Gasteiger partial charge in [-0.2, -0.15) is 0 Å². The summed E-state index contributed by atoms with van der Waals surface area (Å²) in [4.78, 5) is 26.7. The highest BCUT2D eigenvalue weighted by Crippen LogP contribution is 2.44. The molecule has 2 saturated heterocycles. The van der Waals surface area contributed by atoms with E-state index >= 15 is 0 Å². The van der Waals surface area contributed by atoms with E-state index in [2.05, 4.69) is 38.8 Å². The molecule has 9 heteroatoms. The number of H-pyrrole nitrogens is 1. The zero-order valence-corrected chi connectivity index (χ0v) is 19.7. The lowest BCUT2D eigenvalue weighted by Gasteiger charge is -2.37. The van der Waals surface area contributed by atoms with Gasteiger partial charge in [0, 0.05) is 11.8 Å². The summed E-state index contributed by atoms with van der Waals surface area (Å²) in [6.45, 7) is 16.9. The van der Waals surface area contributed by atoms with Crippen molar-refractivity contribution < 1.29 is 18.6 Å². The quantitative estimate of drug-likeness (QED) is 0.728. The second-order valence-corrected chi connectivity index (χ2v) is 14.7. The molecule has 1 aromatic rings. The Hall–Kier alpha value is -1.26. The summed E-state index contributed by atoms with van der Waals surface area (Å²) in [5.41, 5.74) is -0.321. The second kappa shape index (κ2) is 7.46. The molecule has 2 aliphatic rings. The summed E-state index contributed by atoms with van der Waals surface area (Å²) >= 11 is 0. The largest absolute Gasteiger partial charge is 0.414 e. The third-order valence-corrected chi connectivity index (χ3v) is 10.7. The number of fused-ring (bicyclic) bond motifs is 1. The zero-order chi connectivity index (χ0) is 21.8. The van der Waals surface area contributed by atoms with E-state index in [0.29, 0.717) is 18.7 Å². The standard InChI is InChI=1S/C20H34N2O6Si/c1-9-12-10-14(23)21-18(24)22(12)17-16-15(27-20(5,6)28-16)13(26-17)11-25-29(7,8)19(2,3)4/h10,13,15-17H,9,11H2,1-8H3,(H,21,23,24)/t13-,15-,16-,17-/m1/s1. The summed E-state index contributed by atoms with van der Waals surface area (Å²) in [6.07, 6.45) is -1.36. The Kier molecular flexibility index (Phi) is 5.76. The van der Waals surface area contributed by atoms with Crippen LogP contribution in [0.3, 0.4) is 0 Å². The van der Waals surface area contributed by atoms with Gasteiger partial charge < -0.3 is 18.6 Å². The van der Waals surface area contributed by atoms with Gasteiger partial charge in [-0.05, 0) is 38.4 Å². The van der Waals surface area contributed by atoms with Gasteiger partial charge in [0.05, 0.1) is 6.61 Å². The molecule has 2 fully saturated rings. The smallest absolute Gasteiger partial charge is 0.330 e. The van der Waals surface area contributed by atoms with Crippen LogP contribution < -0.4 is 11.2 Å². The molecular weight excluding hydrogens is 392 g/mol. The molecule has 0 saturated carbocycles. The number of nitrogens with one attached hydrogen (secondary N) is 1. The van der Waals surface area contributed by atoms with Crippen molar-refractivity contribution in [2.45, 2.75) is 96.4 Å². The maximum absolute atomic E-state index is 12.6. The maximum atomic E-state index is 12.6. The first-order chi connectivity index (χ1) is 13.3. The van der Waals surface area contributed by atoms with Crippen LogP contribution in [-0.2, 0) is 25.1 Å². The van der Waals surface area contributed by atoms with Crippen molar-refractivity contribution in [3.63, 3.8) is 0 Å². The lowest BCUT2D eigenvalue weighted by Crippen LogP contribution is -2.44. The van der Waals surface area contributed by atoms with E-state index in [0.717, 1.165) is 0 Å². The fourth-order valence-corrected chi connectivity index (χ4v) is 4.63. The first kappa shape index (κ1) is 22.4. The molecule has 29 heavy (non-hydrogen) atoms. The molecule has 1 aromatic heterocycles. The minimum absolute atomic E-state index is 0.0714. The van der Waals surface area contributed by atoms with Gasteiger partial charge in [-0.15, -0.1) is 0 Å². The Labute approximate surface area is 172 Å². The van der Waals surface area contributed by atoms with Gasteiger partial charge >= 0.3 is 5.69 Å². The first-order valence-corrected chi connectivity index (χ1v) is 13.2. The second-order valence-electron chi connectivity index (χ2n) is 9.85. The van der Waals surface area contributed by atoms with Crippen LogP contribution in [0.15, 0.2) is 15.7 Å². The number of hydrogen-bond acceptors (Lipinski definition) is 6. The number of hydrogen-bond donors (Lipinski definition) is 1. The molecular formula is C20H34N2O6Si. The lowest BCUT2D eigenvalue weighted by molar-refractivity contribution is -0.200. The molecule has 0 radical (unpaired) electrons. The molecule has 0 aromatic carbocycles.